The maximum atomic E-state index is 12.4. The number of halogens is 1. The number of nitrogens with one attached hydrogen (secondary N) is 2. The van der Waals surface area contributed by atoms with Crippen molar-refractivity contribution in [1.82, 2.24) is 25.2 Å². The van der Waals surface area contributed by atoms with Gasteiger partial charge in [-0.1, -0.05) is 11.6 Å². The van der Waals surface area contributed by atoms with Crippen molar-refractivity contribution in [1.29, 1.82) is 0 Å². The van der Waals surface area contributed by atoms with Crippen molar-refractivity contribution in [3.63, 3.8) is 0 Å². The van der Waals surface area contributed by atoms with E-state index in [1.54, 1.807) is 12.4 Å². The topological polar surface area (TPSA) is 77.2 Å². The largest absolute Gasteiger partial charge is 0.353 e. The summed E-state index contributed by atoms with van der Waals surface area (Å²) in [4.78, 5) is 28.1. The van der Waals surface area contributed by atoms with E-state index < -0.39 is 0 Å². The molecule has 24 heavy (non-hydrogen) atoms. The zero-order valence-corrected chi connectivity index (χ0v) is 14.5. The maximum Gasteiger partial charge on any atom is 0.318 e. The Kier molecular flexibility index (Phi) is 4.89. The fourth-order valence-electron chi connectivity index (χ4n) is 2.69. The van der Waals surface area contributed by atoms with Gasteiger partial charge in [0, 0.05) is 44.3 Å². The zero-order chi connectivity index (χ0) is 17.1. The molecule has 8 heteroatoms. The van der Waals surface area contributed by atoms with Crippen molar-refractivity contribution in [3.8, 4) is 0 Å². The molecule has 2 amide bonds. The Bertz CT molecular complexity index is 693. The molecule has 0 saturated carbocycles. The first-order chi connectivity index (χ1) is 11.5. The quantitative estimate of drug-likeness (QED) is 0.892. The van der Waals surface area contributed by atoms with E-state index in [-0.39, 0.29) is 12.1 Å². The second-order valence-corrected chi connectivity index (χ2v) is 6.37. The number of nitrogens with zero attached hydrogens (tertiary/aromatic N) is 4. The highest BCUT2D eigenvalue weighted by molar-refractivity contribution is 6.30. The predicted molar refractivity (Wildman–Crippen MR) is 93.3 cm³/mol. The number of carbonyl (C=O) groups is 1. The lowest BCUT2D eigenvalue weighted by molar-refractivity contribution is 0.190. The number of aryl methyl sites for hydroxylation is 1. The molecule has 1 atom stereocenters. The summed E-state index contributed by atoms with van der Waals surface area (Å²) in [6.45, 7) is 6.66. The van der Waals surface area contributed by atoms with E-state index in [9.17, 15) is 4.79 Å². The number of imidazole rings is 1. The van der Waals surface area contributed by atoms with Crippen LogP contribution in [0.2, 0.25) is 5.02 Å². The number of carbonyl (C=O) groups excluding carboxylic acids is 1. The zero-order valence-electron chi connectivity index (χ0n) is 13.8. The molecule has 0 bridgehead atoms. The van der Waals surface area contributed by atoms with E-state index in [1.807, 2.05) is 30.9 Å². The third-order valence-electron chi connectivity index (χ3n) is 4.08. The van der Waals surface area contributed by atoms with Crippen LogP contribution in [0.25, 0.3) is 0 Å². The lowest BCUT2D eigenvalue weighted by Gasteiger charge is -2.35. The molecule has 0 aliphatic carbocycles. The van der Waals surface area contributed by atoms with Crippen LogP contribution in [-0.4, -0.2) is 52.1 Å². The van der Waals surface area contributed by atoms with Crippen LogP contribution in [0.3, 0.4) is 0 Å². The lowest BCUT2D eigenvalue weighted by atomic mass is 10.3. The fourth-order valence-corrected chi connectivity index (χ4v) is 2.80. The van der Waals surface area contributed by atoms with Crippen LogP contribution in [0.4, 0.5) is 10.6 Å². The maximum absolute atomic E-state index is 12.4. The number of urea groups is 1. The van der Waals surface area contributed by atoms with Gasteiger partial charge in [0.05, 0.1) is 11.1 Å². The Morgan fingerprint density at radius 2 is 2.00 bits per heavy atom. The molecule has 0 radical (unpaired) electrons. The highest BCUT2D eigenvalue weighted by atomic mass is 35.5. The number of rotatable bonds is 3. The molecule has 7 nitrogen and oxygen atoms in total. The third-order valence-corrected chi connectivity index (χ3v) is 4.30. The molecule has 0 aromatic carbocycles. The third kappa shape index (κ3) is 3.79. The first-order valence-electron chi connectivity index (χ1n) is 7.96. The molecule has 0 spiro atoms. The first-order valence-corrected chi connectivity index (χ1v) is 8.34. The SMILES string of the molecule is Cc1cnc([C@@H](C)NC(=O)N2CCN(c3ccc(Cl)cn3)CC2)[nH]1. The molecule has 2 aromatic rings. The van der Waals surface area contributed by atoms with Gasteiger partial charge >= 0.3 is 6.03 Å². The minimum atomic E-state index is -0.151. The van der Waals surface area contributed by atoms with Crippen molar-refractivity contribution in [2.75, 3.05) is 31.1 Å². The summed E-state index contributed by atoms with van der Waals surface area (Å²) in [7, 11) is 0. The minimum absolute atomic E-state index is 0.0692. The van der Waals surface area contributed by atoms with E-state index in [2.05, 4.69) is 25.2 Å². The fraction of sp³-hybridized carbons (Fsp3) is 0.438. The van der Waals surface area contributed by atoms with Gasteiger partial charge in [0.1, 0.15) is 11.6 Å². The summed E-state index contributed by atoms with van der Waals surface area (Å²) in [6, 6.07) is 3.51. The Morgan fingerprint density at radius 3 is 2.58 bits per heavy atom. The molecule has 3 heterocycles. The molecule has 2 aromatic heterocycles. The van der Waals surface area contributed by atoms with Crippen LogP contribution in [0.15, 0.2) is 24.5 Å². The Labute approximate surface area is 146 Å². The van der Waals surface area contributed by atoms with Crippen LogP contribution in [0.1, 0.15) is 24.5 Å². The van der Waals surface area contributed by atoms with Gasteiger partial charge in [0.25, 0.3) is 0 Å². The number of H-pyrrole nitrogens is 1. The average Bonchev–Trinajstić information content (AvgIpc) is 3.02. The molecule has 1 fully saturated rings. The van der Waals surface area contributed by atoms with Gasteiger partial charge in [0.15, 0.2) is 0 Å². The van der Waals surface area contributed by atoms with Crippen LogP contribution >= 0.6 is 11.6 Å². The van der Waals surface area contributed by atoms with Crippen molar-refractivity contribution in [2.24, 2.45) is 0 Å². The summed E-state index contributed by atoms with van der Waals surface area (Å²) in [5.41, 5.74) is 0.982. The van der Waals surface area contributed by atoms with E-state index in [0.29, 0.717) is 18.1 Å². The van der Waals surface area contributed by atoms with E-state index in [4.69, 9.17) is 11.6 Å². The van der Waals surface area contributed by atoms with Crippen LogP contribution < -0.4 is 10.2 Å². The number of hydrogen-bond acceptors (Lipinski definition) is 4. The second-order valence-electron chi connectivity index (χ2n) is 5.93. The highest BCUT2D eigenvalue weighted by Gasteiger charge is 2.23. The molecule has 3 rings (SSSR count). The molecular weight excluding hydrogens is 328 g/mol. The number of piperazine rings is 1. The Morgan fingerprint density at radius 1 is 1.25 bits per heavy atom. The summed E-state index contributed by atoms with van der Waals surface area (Å²) in [5, 5.41) is 3.61. The van der Waals surface area contributed by atoms with Gasteiger partial charge < -0.3 is 20.1 Å². The van der Waals surface area contributed by atoms with Gasteiger partial charge in [-0.05, 0) is 26.0 Å². The number of anilines is 1. The number of amides is 2. The van der Waals surface area contributed by atoms with Gasteiger partial charge in [-0.2, -0.15) is 0 Å². The smallest absolute Gasteiger partial charge is 0.318 e. The summed E-state index contributed by atoms with van der Waals surface area (Å²) < 4.78 is 0. The van der Waals surface area contributed by atoms with Gasteiger partial charge in [-0.15, -0.1) is 0 Å². The summed E-state index contributed by atoms with van der Waals surface area (Å²) in [5.74, 6) is 1.66. The van der Waals surface area contributed by atoms with E-state index in [0.717, 1.165) is 30.4 Å². The normalized spacial score (nSPS) is 16.1. The minimum Gasteiger partial charge on any atom is -0.353 e. The molecule has 0 unspecified atom stereocenters. The van der Waals surface area contributed by atoms with Gasteiger partial charge in [-0.25, -0.2) is 14.8 Å². The monoisotopic (exact) mass is 348 g/mol. The van der Waals surface area contributed by atoms with E-state index in [1.165, 1.54) is 0 Å². The van der Waals surface area contributed by atoms with Crippen molar-refractivity contribution in [2.45, 2.75) is 19.9 Å². The Hall–Kier alpha value is -2.28. The Balaban J connectivity index is 1.52. The molecule has 1 aliphatic rings. The van der Waals surface area contributed by atoms with Crippen LogP contribution in [0.5, 0.6) is 0 Å². The molecular formula is C16H21ClN6O. The summed E-state index contributed by atoms with van der Waals surface area (Å²) >= 11 is 5.87. The van der Waals surface area contributed by atoms with Crippen molar-refractivity contribution < 1.29 is 4.79 Å². The molecule has 1 saturated heterocycles. The number of pyridine rings is 1. The van der Waals surface area contributed by atoms with Crippen molar-refractivity contribution in [3.05, 3.63) is 41.1 Å². The van der Waals surface area contributed by atoms with Crippen LogP contribution in [0, 0.1) is 6.92 Å². The highest BCUT2D eigenvalue weighted by Crippen LogP contribution is 2.16. The number of aromatic amines is 1. The second kappa shape index (κ2) is 7.09. The molecule has 1 aliphatic heterocycles. The van der Waals surface area contributed by atoms with Gasteiger partial charge in [-0.3, -0.25) is 0 Å². The van der Waals surface area contributed by atoms with Crippen LogP contribution in [-0.2, 0) is 0 Å². The van der Waals surface area contributed by atoms with Gasteiger partial charge in [0.2, 0.25) is 0 Å². The molecule has 128 valence electrons. The number of hydrogen-bond donors (Lipinski definition) is 2. The standard InChI is InChI=1S/C16H21ClN6O/c1-11-9-19-15(20-11)12(2)21-16(24)23-7-5-22(6-8-23)14-4-3-13(17)10-18-14/h3-4,9-10,12H,5-8H2,1-2H3,(H,19,20)(H,21,24)/t12-/m1/s1. The number of aromatic nitrogens is 3. The van der Waals surface area contributed by atoms with Crippen molar-refractivity contribution >= 4 is 23.4 Å². The predicted octanol–water partition coefficient (Wildman–Crippen LogP) is 2.36. The first kappa shape index (κ1) is 16.6. The molecule has 2 N–H and O–H groups in total. The lowest BCUT2D eigenvalue weighted by Crippen LogP contribution is -2.52. The summed E-state index contributed by atoms with van der Waals surface area (Å²) in [6.07, 6.45) is 3.40. The average molecular weight is 349 g/mol. The van der Waals surface area contributed by atoms with E-state index >= 15 is 0 Å².